The van der Waals surface area contributed by atoms with Crippen LogP contribution in [-0.4, -0.2) is 24.1 Å². The maximum atomic E-state index is 13.2. The highest BCUT2D eigenvalue weighted by molar-refractivity contribution is 7.88. The van der Waals surface area contributed by atoms with Gasteiger partial charge in [-0.15, -0.1) is 10.2 Å². The van der Waals surface area contributed by atoms with Crippen molar-refractivity contribution in [2.75, 3.05) is 5.32 Å². The molecule has 5 rings (SSSR count). The molecular formula is C27H20F3N3O3S. The summed E-state index contributed by atoms with van der Waals surface area (Å²) in [5.41, 5.74) is -4.28. The van der Waals surface area contributed by atoms with Gasteiger partial charge in [0.25, 0.3) is 0 Å². The first-order valence-corrected chi connectivity index (χ1v) is 12.7. The summed E-state index contributed by atoms with van der Waals surface area (Å²) in [5, 5.41) is 14.4. The summed E-state index contributed by atoms with van der Waals surface area (Å²) >= 11 is 0. The van der Waals surface area contributed by atoms with E-state index in [0.717, 1.165) is 5.56 Å². The predicted molar refractivity (Wildman–Crippen MR) is 137 cm³/mol. The number of hydrogen-bond donors (Lipinski definition) is 1. The second kappa shape index (κ2) is 9.36. The summed E-state index contributed by atoms with van der Waals surface area (Å²) in [6.07, 6.45) is 0. The molecule has 0 radical (unpaired) electrons. The highest BCUT2D eigenvalue weighted by Crippen LogP contribution is 2.42. The predicted octanol–water partition coefficient (Wildman–Crippen LogP) is 6.85. The Labute approximate surface area is 210 Å². The van der Waals surface area contributed by atoms with Crippen LogP contribution in [0, 0.1) is 0 Å². The van der Waals surface area contributed by atoms with Crippen molar-refractivity contribution >= 4 is 37.5 Å². The number of fused-ring (bicyclic) bond motifs is 2. The van der Waals surface area contributed by atoms with Gasteiger partial charge < -0.3 is 9.50 Å². The minimum atomic E-state index is -5.92. The SMILES string of the molecule is C[C@@H](Nc1nnc(-c2c(OS(=O)(=O)C(F)(F)F)ccc3ccccc23)c2ccccc12)c1ccccc1. The molecule has 6 nitrogen and oxygen atoms in total. The second-order valence-electron chi connectivity index (χ2n) is 8.36. The first kappa shape index (κ1) is 24.5. The van der Waals surface area contributed by atoms with E-state index in [1.807, 2.05) is 43.3 Å². The molecule has 0 amide bonds. The molecule has 1 heterocycles. The summed E-state index contributed by atoms with van der Waals surface area (Å²) in [5.74, 6) is -0.0184. The van der Waals surface area contributed by atoms with Crippen LogP contribution >= 0.6 is 0 Å². The normalized spacial score (nSPS) is 13.0. The molecule has 188 valence electrons. The first-order chi connectivity index (χ1) is 17.7. The lowest BCUT2D eigenvalue weighted by atomic mass is 9.97. The Morgan fingerprint density at radius 2 is 1.41 bits per heavy atom. The van der Waals surface area contributed by atoms with E-state index in [1.165, 1.54) is 12.1 Å². The van der Waals surface area contributed by atoms with Crippen molar-refractivity contribution in [3.05, 3.63) is 96.6 Å². The minimum absolute atomic E-state index is 0.0947. The van der Waals surface area contributed by atoms with Gasteiger partial charge in [0.15, 0.2) is 11.6 Å². The molecule has 0 saturated heterocycles. The molecule has 0 spiro atoms. The zero-order chi connectivity index (χ0) is 26.2. The van der Waals surface area contributed by atoms with Crippen LogP contribution in [0.3, 0.4) is 0 Å². The highest BCUT2D eigenvalue weighted by Gasteiger charge is 2.49. The van der Waals surface area contributed by atoms with E-state index < -0.39 is 21.4 Å². The molecule has 1 atom stereocenters. The Kier molecular flexibility index (Phi) is 6.20. The van der Waals surface area contributed by atoms with Crippen LogP contribution in [0.1, 0.15) is 18.5 Å². The number of aromatic nitrogens is 2. The summed E-state index contributed by atoms with van der Waals surface area (Å²) in [4.78, 5) is 0. The highest BCUT2D eigenvalue weighted by atomic mass is 32.2. The third kappa shape index (κ3) is 4.67. The van der Waals surface area contributed by atoms with Crippen molar-refractivity contribution in [1.82, 2.24) is 10.2 Å². The number of rotatable bonds is 6. The van der Waals surface area contributed by atoms with Crippen LogP contribution in [-0.2, 0) is 10.1 Å². The largest absolute Gasteiger partial charge is 0.534 e. The van der Waals surface area contributed by atoms with E-state index >= 15 is 0 Å². The molecule has 0 aliphatic heterocycles. The van der Waals surface area contributed by atoms with Gasteiger partial charge in [0, 0.05) is 10.8 Å². The van der Waals surface area contributed by atoms with Crippen molar-refractivity contribution < 1.29 is 25.8 Å². The van der Waals surface area contributed by atoms with Crippen LogP contribution in [0.5, 0.6) is 5.75 Å². The van der Waals surface area contributed by atoms with Crippen molar-refractivity contribution in [2.45, 2.75) is 18.5 Å². The van der Waals surface area contributed by atoms with Crippen molar-refractivity contribution in [1.29, 1.82) is 0 Å². The molecule has 0 fully saturated rings. The van der Waals surface area contributed by atoms with Crippen molar-refractivity contribution in [3.8, 4) is 17.0 Å². The lowest BCUT2D eigenvalue weighted by Gasteiger charge is -2.18. The molecular weight excluding hydrogens is 503 g/mol. The minimum Gasteiger partial charge on any atom is -0.375 e. The Hall–Kier alpha value is -4.18. The van der Waals surface area contributed by atoms with Gasteiger partial charge in [-0.2, -0.15) is 21.6 Å². The lowest BCUT2D eigenvalue weighted by Crippen LogP contribution is -2.28. The maximum absolute atomic E-state index is 13.2. The first-order valence-electron chi connectivity index (χ1n) is 11.3. The van der Waals surface area contributed by atoms with Crippen LogP contribution in [0.25, 0.3) is 32.8 Å². The number of nitrogens with zero attached hydrogens (tertiary/aromatic N) is 2. The van der Waals surface area contributed by atoms with Gasteiger partial charge in [-0.1, -0.05) is 84.9 Å². The molecule has 10 heteroatoms. The van der Waals surface area contributed by atoms with E-state index in [2.05, 4.69) is 19.7 Å². The third-order valence-corrected chi connectivity index (χ3v) is 6.92. The molecule has 1 N–H and O–H groups in total. The second-order valence-corrected chi connectivity index (χ2v) is 9.90. The van der Waals surface area contributed by atoms with E-state index in [-0.39, 0.29) is 17.3 Å². The zero-order valence-electron chi connectivity index (χ0n) is 19.4. The number of nitrogens with one attached hydrogen (secondary N) is 1. The quantitative estimate of drug-likeness (QED) is 0.194. The fourth-order valence-electron chi connectivity index (χ4n) is 4.16. The number of anilines is 1. The fourth-order valence-corrected chi connectivity index (χ4v) is 4.63. The Morgan fingerprint density at radius 3 is 2.11 bits per heavy atom. The van der Waals surface area contributed by atoms with Crippen molar-refractivity contribution in [3.63, 3.8) is 0 Å². The Bertz CT molecular complexity index is 1710. The molecule has 37 heavy (non-hydrogen) atoms. The van der Waals surface area contributed by atoms with Crippen LogP contribution in [0.2, 0.25) is 0 Å². The molecule has 5 aromatic rings. The summed E-state index contributed by atoms with van der Waals surface area (Å²) in [7, 11) is -5.92. The van der Waals surface area contributed by atoms with Gasteiger partial charge in [-0.25, -0.2) is 0 Å². The molecule has 0 unspecified atom stereocenters. The average molecular weight is 524 g/mol. The average Bonchev–Trinajstić information content (AvgIpc) is 2.89. The number of alkyl halides is 3. The third-order valence-electron chi connectivity index (χ3n) is 5.95. The maximum Gasteiger partial charge on any atom is 0.534 e. The van der Waals surface area contributed by atoms with Gasteiger partial charge in [-0.3, -0.25) is 0 Å². The zero-order valence-corrected chi connectivity index (χ0v) is 20.2. The summed E-state index contributed by atoms with van der Waals surface area (Å²) in [6.45, 7) is 1.97. The van der Waals surface area contributed by atoms with E-state index in [9.17, 15) is 21.6 Å². The molecule has 0 bridgehead atoms. The van der Waals surface area contributed by atoms with E-state index in [4.69, 9.17) is 0 Å². The van der Waals surface area contributed by atoms with Crippen LogP contribution < -0.4 is 9.50 Å². The standard InChI is InChI=1S/C27H20F3N3O3S/c1-17(18-9-3-2-4-10-18)31-26-22-14-8-7-13-21(22)25(32-33-26)24-20-12-6-5-11-19(20)15-16-23(24)36-37(34,35)27(28,29)30/h2-17H,1H3,(H,31,33)/t17-/m1/s1. The smallest absolute Gasteiger partial charge is 0.375 e. The molecule has 0 saturated carbocycles. The number of hydrogen-bond acceptors (Lipinski definition) is 6. The molecule has 0 aliphatic rings. The van der Waals surface area contributed by atoms with Gasteiger partial charge in [0.2, 0.25) is 0 Å². The van der Waals surface area contributed by atoms with E-state index in [0.29, 0.717) is 27.4 Å². The topological polar surface area (TPSA) is 81.2 Å². The van der Waals surface area contributed by atoms with E-state index in [1.54, 1.807) is 42.5 Å². The lowest BCUT2D eigenvalue weighted by molar-refractivity contribution is -0.0499. The monoisotopic (exact) mass is 523 g/mol. The summed E-state index contributed by atoms with van der Waals surface area (Å²) < 4.78 is 68.0. The summed E-state index contributed by atoms with van der Waals surface area (Å²) in [6, 6.07) is 26.3. The molecule has 0 aliphatic carbocycles. The van der Waals surface area contributed by atoms with Gasteiger partial charge in [-0.05, 0) is 29.3 Å². The van der Waals surface area contributed by atoms with Crippen LogP contribution in [0.15, 0.2) is 91.0 Å². The molecule has 1 aromatic heterocycles. The fraction of sp³-hybridized carbons (Fsp3) is 0.111. The van der Waals surface area contributed by atoms with Crippen molar-refractivity contribution in [2.24, 2.45) is 0 Å². The number of halogens is 3. The Balaban J connectivity index is 1.70. The van der Waals surface area contributed by atoms with Gasteiger partial charge in [0.05, 0.1) is 11.6 Å². The Morgan fingerprint density at radius 1 is 0.784 bits per heavy atom. The number of benzene rings is 4. The van der Waals surface area contributed by atoms with Crippen LogP contribution in [0.4, 0.5) is 19.0 Å². The van der Waals surface area contributed by atoms with Gasteiger partial charge >= 0.3 is 15.6 Å². The molecule has 4 aromatic carbocycles. The van der Waals surface area contributed by atoms with Gasteiger partial charge in [0.1, 0.15) is 5.69 Å².